The molecule has 0 aromatic heterocycles. The van der Waals surface area contributed by atoms with Crippen LogP contribution in [0, 0.1) is 11.7 Å². The first-order valence-corrected chi connectivity index (χ1v) is 7.32. The molecule has 2 rings (SSSR count). The lowest BCUT2D eigenvalue weighted by atomic mass is 10.1. The Bertz CT molecular complexity index is 414. The molecule has 0 aliphatic carbocycles. The molecular formula is C14H19FN2S. The van der Waals surface area contributed by atoms with Crippen LogP contribution in [0.2, 0.25) is 0 Å². The van der Waals surface area contributed by atoms with Crippen LogP contribution in [-0.4, -0.2) is 23.5 Å². The lowest BCUT2D eigenvalue weighted by molar-refractivity contribution is 0.503. The van der Waals surface area contributed by atoms with E-state index in [1.165, 1.54) is 12.1 Å². The zero-order valence-electron chi connectivity index (χ0n) is 10.8. The van der Waals surface area contributed by atoms with Crippen LogP contribution >= 0.6 is 11.8 Å². The molecule has 0 radical (unpaired) electrons. The monoisotopic (exact) mass is 266 g/mol. The van der Waals surface area contributed by atoms with E-state index in [0.717, 1.165) is 29.4 Å². The minimum Gasteiger partial charge on any atom is -0.361 e. The Morgan fingerprint density at radius 3 is 2.72 bits per heavy atom. The maximum absolute atomic E-state index is 12.7. The van der Waals surface area contributed by atoms with E-state index in [0.29, 0.717) is 12.0 Å². The molecule has 2 nitrogen and oxygen atoms in total. The van der Waals surface area contributed by atoms with Crippen LogP contribution in [0.3, 0.4) is 0 Å². The van der Waals surface area contributed by atoms with Gasteiger partial charge < -0.3 is 5.32 Å². The lowest BCUT2D eigenvalue weighted by Gasteiger charge is -2.13. The van der Waals surface area contributed by atoms with Gasteiger partial charge in [0, 0.05) is 18.3 Å². The van der Waals surface area contributed by atoms with Crippen molar-refractivity contribution in [2.45, 2.75) is 26.3 Å². The largest absolute Gasteiger partial charge is 0.361 e. The van der Waals surface area contributed by atoms with Crippen LogP contribution in [0.15, 0.2) is 29.3 Å². The van der Waals surface area contributed by atoms with Crippen molar-refractivity contribution < 1.29 is 4.39 Å². The van der Waals surface area contributed by atoms with Crippen LogP contribution in [0.1, 0.15) is 19.4 Å². The summed E-state index contributed by atoms with van der Waals surface area (Å²) in [4.78, 5) is 4.55. The number of amidine groups is 1. The van der Waals surface area contributed by atoms with E-state index in [2.05, 4.69) is 24.2 Å². The van der Waals surface area contributed by atoms with Gasteiger partial charge in [0.15, 0.2) is 5.17 Å². The Morgan fingerprint density at radius 1 is 1.39 bits per heavy atom. The molecule has 0 spiro atoms. The summed E-state index contributed by atoms with van der Waals surface area (Å²) in [5, 5.41) is 4.49. The van der Waals surface area contributed by atoms with Gasteiger partial charge in [-0.3, -0.25) is 4.99 Å². The van der Waals surface area contributed by atoms with Gasteiger partial charge in [-0.1, -0.05) is 37.7 Å². The van der Waals surface area contributed by atoms with Crippen LogP contribution < -0.4 is 5.32 Å². The minimum atomic E-state index is -0.183. The highest BCUT2D eigenvalue weighted by atomic mass is 32.2. The first kappa shape index (κ1) is 13.4. The minimum absolute atomic E-state index is 0.183. The average molecular weight is 266 g/mol. The van der Waals surface area contributed by atoms with E-state index in [1.54, 1.807) is 11.8 Å². The summed E-state index contributed by atoms with van der Waals surface area (Å²) in [5.41, 5.74) is 1.13. The average Bonchev–Trinajstić information content (AvgIpc) is 2.81. The smallest absolute Gasteiger partial charge is 0.156 e. The topological polar surface area (TPSA) is 24.4 Å². The predicted molar refractivity (Wildman–Crippen MR) is 76.6 cm³/mol. The number of benzene rings is 1. The summed E-state index contributed by atoms with van der Waals surface area (Å²) >= 11 is 1.80. The van der Waals surface area contributed by atoms with Crippen molar-refractivity contribution in [2.24, 2.45) is 10.9 Å². The Kier molecular flexibility index (Phi) is 4.64. The number of nitrogens with zero attached hydrogens (tertiary/aromatic N) is 1. The molecule has 98 valence electrons. The summed E-state index contributed by atoms with van der Waals surface area (Å²) in [5.74, 6) is 1.56. The first-order chi connectivity index (χ1) is 8.65. The molecule has 4 heteroatoms. The molecule has 1 unspecified atom stereocenters. The van der Waals surface area contributed by atoms with E-state index in [1.807, 2.05) is 12.1 Å². The fourth-order valence-electron chi connectivity index (χ4n) is 1.80. The molecule has 1 fully saturated rings. The van der Waals surface area contributed by atoms with Gasteiger partial charge in [-0.2, -0.15) is 0 Å². The van der Waals surface area contributed by atoms with Gasteiger partial charge in [-0.05, 0) is 30.0 Å². The molecule has 1 N–H and O–H groups in total. The number of aliphatic imine (C=N–C) groups is 1. The van der Waals surface area contributed by atoms with Crippen LogP contribution in [0.25, 0.3) is 0 Å². The normalized spacial score (nSPS) is 21.6. The number of hydrogen-bond donors (Lipinski definition) is 1. The third-order valence-electron chi connectivity index (χ3n) is 3.08. The first-order valence-electron chi connectivity index (χ1n) is 6.33. The fourth-order valence-corrected chi connectivity index (χ4v) is 3.02. The zero-order valence-corrected chi connectivity index (χ0v) is 11.6. The molecule has 1 heterocycles. The third-order valence-corrected chi connectivity index (χ3v) is 4.13. The van der Waals surface area contributed by atoms with Gasteiger partial charge in [0.1, 0.15) is 5.82 Å². The highest BCUT2D eigenvalue weighted by Crippen LogP contribution is 2.19. The molecule has 1 aliphatic rings. The highest BCUT2D eigenvalue weighted by Gasteiger charge is 2.22. The van der Waals surface area contributed by atoms with Gasteiger partial charge in [-0.15, -0.1) is 0 Å². The van der Waals surface area contributed by atoms with Gasteiger partial charge >= 0.3 is 0 Å². The van der Waals surface area contributed by atoms with Crippen LogP contribution in [0.4, 0.5) is 4.39 Å². The Labute approximate surface area is 112 Å². The second kappa shape index (κ2) is 6.23. The Balaban J connectivity index is 1.80. The van der Waals surface area contributed by atoms with Crippen molar-refractivity contribution in [2.75, 3.05) is 12.3 Å². The second-order valence-corrected chi connectivity index (χ2v) is 5.88. The number of rotatable bonds is 4. The quantitative estimate of drug-likeness (QED) is 0.905. The maximum atomic E-state index is 12.7. The summed E-state index contributed by atoms with van der Waals surface area (Å²) in [6, 6.07) is 7.18. The van der Waals surface area contributed by atoms with E-state index in [9.17, 15) is 4.39 Å². The molecule has 1 aromatic rings. The molecular weight excluding hydrogens is 247 g/mol. The molecule has 1 saturated heterocycles. The predicted octanol–water partition coefficient (Wildman–Crippen LogP) is 3.09. The van der Waals surface area contributed by atoms with Crippen molar-refractivity contribution in [1.29, 1.82) is 0 Å². The van der Waals surface area contributed by atoms with E-state index < -0.39 is 0 Å². The van der Waals surface area contributed by atoms with Gasteiger partial charge in [-0.25, -0.2) is 4.39 Å². The number of nitrogens with one attached hydrogen (secondary N) is 1. The van der Waals surface area contributed by atoms with Crippen molar-refractivity contribution in [3.05, 3.63) is 35.6 Å². The zero-order chi connectivity index (χ0) is 13.0. The number of thioether (sulfide) groups is 1. The summed E-state index contributed by atoms with van der Waals surface area (Å²) < 4.78 is 12.7. The SMILES string of the molecule is CC(C)C1CSC(=NCCc2ccc(F)cc2)N1. The Morgan fingerprint density at radius 2 is 2.11 bits per heavy atom. The fraction of sp³-hybridized carbons (Fsp3) is 0.500. The Hall–Kier alpha value is -1.03. The molecule has 0 amide bonds. The number of hydrogen-bond acceptors (Lipinski definition) is 2. The van der Waals surface area contributed by atoms with Crippen molar-refractivity contribution in [1.82, 2.24) is 5.32 Å². The highest BCUT2D eigenvalue weighted by molar-refractivity contribution is 8.14. The molecule has 0 bridgehead atoms. The number of halogens is 1. The van der Waals surface area contributed by atoms with Crippen molar-refractivity contribution in [3.8, 4) is 0 Å². The van der Waals surface area contributed by atoms with Gasteiger partial charge in [0.2, 0.25) is 0 Å². The van der Waals surface area contributed by atoms with Crippen LogP contribution in [-0.2, 0) is 6.42 Å². The van der Waals surface area contributed by atoms with Gasteiger partial charge in [0.25, 0.3) is 0 Å². The molecule has 1 aromatic carbocycles. The molecule has 18 heavy (non-hydrogen) atoms. The second-order valence-electron chi connectivity index (χ2n) is 4.87. The third kappa shape index (κ3) is 3.73. The molecule has 1 aliphatic heterocycles. The molecule has 0 saturated carbocycles. The maximum Gasteiger partial charge on any atom is 0.156 e. The van der Waals surface area contributed by atoms with Crippen molar-refractivity contribution >= 4 is 16.9 Å². The summed E-state index contributed by atoms with van der Waals surface area (Å²) in [7, 11) is 0. The van der Waals surface area contributed by atoms with E-state index >= 15 is 0 Å². The summed E-state index contributed by atoms with van der Waals surface area (Å²) in [6.07, 6.45) is 0.859. The van der Waals surface area contributed by atoms with E-state index in [4.69, 9.17) is 0 Å². The van der Waals surface area contributed by atoms with Crippen molar-refractivity contribution in [3.63, 3.8) is 0 Å². The summed E-state index contributed by atoms with van der Waals surface area (Å²) in [6.45, 7) is 5.20. The lowest BCUT2D eigenvalue weighted by Crippen LogP contribution is -2.31. The van der Waals surface area contributed by atoms with E-state index in [-0.39, 0.29) is 5.82 Å². The van der Waals surface area contributed by atoms with Gasteiger partial charge in [0.05, 0.1) is 0 Å². The van der Waals surface area contributed by atoms with Crippen LogP contribution in [0.5, 0.6) is 0 Å². The molecule has 1 atom stereocenters. The standard InChI is InChI=1S/C14H19FN2S/c1-10(2)13-9-18-14(17-13)16-8-7-11-3-5-12(15)6-4-11/h3-6,10,13H,7-9H2,1-2H3,(H,16,17).